The zero-order valence-electron chi connectivity index (χ0n) is 8.21. The van der Waals surface area contributed by atoms with Gasteiger partial charge in [-0.05, 0) is 18.2 Å². The van der Waals surface area contributed by atoms with Crippen LogP contribution in [0, 0.1) is 0 Å². The molecule has 0 spiro atoms. The summed E-state index contributed by atoms with van der Waals surface area (Å²) in [5.74, 6) is 0. The molecule has 0 heterocycles. The van der Waals surface area contributed by atoms with Gasteiger partial charge in [-0.1, -0.05) is 50.5 Å². The third-order valence-electron chi connectivity index (χ3n) is 1.74. The molecule has 0 atom stereocenters. The lowest BCUT2D eigenvalue weighted by Crippen LogP contribution is -2.10. The number of benzene rings is 1. The van der Waals surface area contributed by atoms with Crippen molar-refractivity contribution in [1.82, 2.24) is 0 Å². The molecule has 0 saturated heterocycles. The number of hydrogen-bond acceptors (Lipinski definition) is 0. The van der Waals surface area contributed by atoms with E-state index in [-0.39, 0.29) is 0 Å². The van der Waals surface area contributed by atoms with E-state index in [4.69, 9.17) is 11.6 Å². The number of hydrogen-bond donors (Lipinski definition) is 0. The van der Waals surface area contributed by atoms with Crippen LogP contribution in [-0.2, 0) is 0 Å². The van der Waals surface area contributed by atoms with Gasteiger partial charge in [-0.2, -0.15) is 0 Å². The predicted octanol–water partition coefficient (Wildman–Crippen LogP) is 7.65. The van der Waals surface area contributed by atoms with Crippen molar-refractivity contribution in [3.8, 4) is 0 Å². The van der Waals surface area contributed by atoms with E-state index < -0.39 is 53.5 Å². The molecule has 0 aromatic heterocycles. The summed E-state index contributed by atoms with van der Waals surface area (Å²) in [6.45, 7) is 0. The quantitative estimate of drug-likeness (QED) is 0.473. The lowest BCUT2D eigenvalue weighted by atomic mass is 10.4. The van der Waals surface area contributed by atoms with Crippen molar-refractivity contribution in [1.29, 1.82) is 0 Å². The van der Waals surface area contributed by atoms with Gasteiger partial charge in [0.05, 0.1) is 0 Å². The fourth-order valence-corrected chi connectivity index (χ4v) is 2.82. The van der Waals surface area contributed by atoms with Crippen LogP contribution in [0.25, 0.3) is 0 Å². The fraction of sp³-hybridized carbons (Fsp3) is 0. The van der Waals surface area contributed by atoms with E-state index >= 15 is 0 Å². The summed E-state index contributed by atoms with van der Waals surface area (Å²) < 4.78 is 123. The zero-order valence-corrected chi connectivity index (χ0v) is 10.6. The van der Waals surface area contributed by atoms with E-state index in [1.807, 2.05) is 0 Å². The van der Waals surface area contributed by atoms with Crippen molar-refractivity contribution in [2.75, 3.05) is 0 Å². The number of rotatable bonds is 2. The minimum Gasteiger partial charge on any atom is -0.0936 e. The molecule has 0 nitrogen and oxygen atoms in total. The molecule has 13 heteroatoms. The lowest BCUT2D eigenvalue weighted by molar-refractivity contribution is 0.360. The fourth-order valence-electron chi connectivity index (χ4n) is 0.982. The van der Waals surface area contributed by atoms with Crippen molar-refractivity contribution in [2.24, 2.45) is 0 Å². The van der Waals surface area contributed by atoms with Crippen LogP contribution in [0.3, 0.4) is 0 Å². The van der Waals surface area contributed by atoms with Crippen LogP contribution >= 0.6 is 32.0 Å². The SMILES string of the molecule is FS(F)(F)(F)(F)c1cc(Cl)cc(S(F)(F)(F)(F)F)c1. The Balaban J connectivity index is 3.79. The molecule has 0 aliphatic rings. The van der Waals surface area contributed by atoms with Gasteiger partial charge >= 0.3 is 20.4 Å². The van der Waals surface area contributed by atoms with Crippen molar-refractivity contribution >= 4 is 32.0 Å². The molecular weight excluding hydrogens is 362 g/mol. The number of halogens is 11. The maximum atomic E-state index is 12.3. The Kier molecular flexibility index (Phi) is 2.41. The first-order valence-electron chi connectivity index (χ1n) is 3.87. The van der Waals surface area contributed by atoms with Gasteiger partial charge in [-0.3, -0.25) is 0 Å². The highest BCUT2D eigenvalue weighted by Crippen LogP contribution is 3.05. The Morgan fingerprint density at radius 1 is 0.579 bits per heavy atom. The molecule has 0 saturated carbocycles. The van der Waals surface area contributed by atoms with Gasteiger partial charge in [-0.15, -0.1) is 0 Å². The molecule has 0 unspecified atom stereocenters. The molecule has 0 bridgehead atoms. The Hall–Kier alpha value is -0.490. The molecule has 0 aliphatic heterocycles. The summed E-state index contributed by atoms with van der Waals surface area (Å²) in [6, 6.07) is -2.43. The molecule has 19 heavy (non-hydrogen) atoms. The van der Waals surface area contributed by atoms with Crippen LogP contribution in [0.15, 0.2) is 28.0 Å². The van der Waals surface area contributed by atoms with Crippen LogP contribution in [0.5, 0.6) is 0 Å². The summed E-state index contributed by atoms with van der Waals surface area (Å²) in [4.78, 5) is -6.26. The Labute approximate surface area is 104 Å². The second-order valence-corrected chi connectivity index (χ2v) is 8.82. The van der Waals surface area contributed by atoms with Crippen molar-refractivity contribution in [3.05, 3.63) is 23.2 Å². The molecule has 1 aromatic rings. The molecule has 0 N–H and O–H groups in total. The molecule has 1 rings (SSSR count). The van der Waals surface area contributed by atoms with Gasteiger partial charge < -0.3 is 0 Å². The van der Waals surface area contributed by atoms with Crippen molar-refractivity contribution in [3.63, 3.8) is 0 Å². The topological polar surface area (TPSA) is 0 Å². The van der Waals surface area contributed by atoms with Gasteiger partial charge in [0.25, 0.3) is 0 Å². The highest BCUT2D eigenvalue weighted by atomic mass is 35.5. The Morgan fingerprint density at radius 2 is 0.842 bits per heavy atom. The Morgan fingerprint density at radius 3 is 1.05 bits per heavy atom. The average molecular weight is 365 g/mol. The largest absolute Gasteiger partial charge is 0.310 e. The molecular formula is C6H3ClF10S2. The summed E-state index contributed by atoms with van der Waals surface area (Å²) in [6.07, 6.45) is 0. The highest BCUT2D eigenvalue weighted by molar-refractivity contribution is 8.46. The van der Waals surface area contributed by atoms with E-state index in [1.54, 1.807) is 0 Å². The van der Waals surface area contributed by atoms with Crippen LogP contribution < -0.4 is 0 Å². The zero-order chi connectivity index (χ0) is 15.7. The third kappa shape index (κ3) is 4.24. The second kappa shape index (κ2) is 2.77. The maximum Gasteiger partial charge on any atom is 0.310 e. The Bertz CT molecular complexity index is 505. The van der Waals surface area contributed by atoms with Gasteiger partial charge in [0, 0.05) is 5.02 Å². The van der Waals surface area contributed by atoms with Gasteiger partial charge in [-0.25, -0.2) is 0 Å². The van der Waals surface area contributed by atoms with E-state index in [1.165, 1.54) is 0 Å². The van der Waals surface area contributed by atoms with Gasteiger partial charge in [0.15, 0.2) is 0 Å². The smallest absolute Gasteiger partial charge is 0.0936 e. The first-order chi connectivity index (χ1) is 7.58. The first-order valence-corrected chi connectivity index (χ1v) is 8.15. The van der Waals surface area contributed by atoms with E-state index in [0.29, 0.717) is 0 Å². The summed E-state index contributed by atoms with van der Waals surface area (Å²) in [7, 11) is -21.1. The molecule has 0 amide bonds. The van der Waals surface area contributed by atoms with Crippen LogP contribution in [-0.4, -0.2) is 0 Å². The minimum absolute atomic E-state index is 0.546. The highest BCUT2D eigenvalue weighted by Gasteiger charge is 2.69. The standard InChI is InChI=1S/C6H3ClF10S2/c7-4-1-5(18(8,9,10,11)12)3-6(2-4)19(13,14,15,16)17/h1-3H. The first kappa shape index (κ1) is 16.6. The second-order valence-electron chi connectivity index (χ2n) is 3.56. The van der Waals surface area contributed by atoms with Crippen LogP contribution in [0.1, 0.15) is 0 Å². The van der Waals surface area contributed by atoms with Gasteiger partial charge in [0.2, 0.25) is 0 Å². The third-order valence-corrected chi connectivity index (χ3v) is 4.21. The molecule has 116 valence electrons. The lowest BCUT2D eigenvalue weighted by Gasteiger charge is -2.44. The van der Waals surface area contributed by atoms with E-state index in [9.17, 15) is 38.9 Å². The normalized spacial score (nSPS) is 21.0. The van der Waals surface area contributed by atoms with Crippen molar-refractivity contribution in [2.45, 2.75) is 9.79 Å². The average Bonchev–Trinajstić information content (AvgIpc) is 1.93. The van der Waals surface area contributed by atoms with Gasteiger partial charge in [0.1, 0.15) is 9.79 Å². The molecule has 0 radical (unpaired) electrons. The predicted molar refractivity (Wildman–Crippen MR) is 54.2 cm³/mol. The maximum absolute atomic E-state index is 12.3. The summed E-state index contributed by atoms with van der Waals surface area (Å²) in [5, 5.41) is -1.53. The van der Waals surface area contributed by atoms with E-state index in [0.717, 1.165) is 0 Å². The molecule has 1 aromatic carbocycles. The van der Waals surface area contributed by atoms with Crippen LogP contribution in [0.4, 0.5) is 38.9 Å². The molecule has 0 aliphatic carbocycles. The summed E-state index contributed by atoms with van der Waals surface area (Å²) >= 11 is 4.78. The minimum atomic E-state index is -10.6. The summed E-state index contributed by atoms with van der Waals surface area (Å²) in [5.41, 5.74) is 0. The molecule has 0 fully saturated rings. The van der Waals surface area contributed by atoms with Crippen molar-refractivity contribution < 1.29 is 38.9 Å². The van der Waals surface area contributed by atoms with Crippen LogP contribution in [0.2, 0.25) is 5.02 Å². The monoisotopic (exact) mass is 364 g/mol. The van der Waals surface area contributed by atoms with E-state index in [2.05, 4.69) is 0 Å².